The molecule has 100 valence electrons. The van der Waals surface area contributed by atoms with Crippen LogP contribution in [0.5, 0.6) is 0 Å². The van der Waals surface area contributed by atoms with E-state index >= 15 is 0 Å². The van der Waals surface area contributed by atoms with E-state index < -0.39 is 0 Å². The van der Waals surface area contributed by atoms with Crippen molar-refractivity contribution in [2.75, 3.05) is 19.7 Å². The summed E-state index contributed by atoms with van der Waals surface area (Å²) in [5.41, 5.74) is 0.821. The summed E-state index contributed by atoms with van der Waals surface area (Å²) in [6.45, 7) is 4.83. The molecule has 6 heteroatoms. The molecular formula is C12H18N2O3S. The Morgan fingerprint density at radius 2 is 2.44 bits per heavy atom. The Bertz CT molecular complexity index is 421. The molecule has 1 fully saturated rings. The summed E-state index contributed by atoms with van der Waals surface area (Å²) in [7, 11) is 0. The second kappa shape index (κ2) is 5.77. The summed E-state index contributed by atoms with van der Waals surface area (Å²) in [5, 5.41) is 12.0. The highest BCUT2D eigenvalue weighted by molar-refractivity contribution is 7.09. The molecule has 0 bridgehead atoms. The predicted molar refractivity (Wildman–Crippen MR) is 68.6 cm³/mol. The van der Waals surface area contributed by atoms with Gasteiger partial charge in [0.2, 0.25) is 5.91 Å². The van der Waals surface area contributed by atoms with Gasteiger partial charge in [-0.1, -0.05) is 0 Å². The molecule has 2 rings (SSSR count). The van der Waals surface area contributed by atoms with E-state index in [2.05, 4.69) is 4.98 Å². The lowest BCUT2D eigenvalue weighted by molar-refractivity contribution is -0.146. The molecule has 0 radical (unpaired) electrons. The van der Waals surface area contributed by atoms with E-state index in [4.69, 9.17) is 9.84 Å². The number of morpholine rings is 1. The van der Waals surface area contributed by atoms with Crippen LogP contribution in [0.4, 0.5) is 0 Å². The predicted octanol–water partition coefficient (Wildman–Crippen LogP) is 0.602. The highest BCUT2D eigenvalue weighted by Crippen LogP contribution is 2.14. The number of aliphatic hydroxyl groups excluding tert-OH is 1. The van der Waals surface area contributed by atoms with E-state index in [9.17, 15) is 4.79 Å². The number of thiazole rings is 1. The van der Waals surface area contributed by atoms with Gasteiger partial charge in [-0.05, 0) is 13.8 Å². The monoisotopic (exact) mass is 270 g/mol. The highest BCUT2D eigenvalue weighted by atomic mass is 32.1. The number of nitrogens with zero attached hydrogens (tertiary/aromatic N) is 2. The molecule has 18 heavy (non-hydrogen) atoms. The fourth-order valence-corrected chi connectivity index (χ4v) is 2.72. The normalized spacial score (nSPS) is 24.3. The van der Waals surface area contributed by atoms with Crippen molar-refractivity contribution < 1.29 is 14.6 Å². The Kier molecular flexibility index (Phi) is 4.31. The van der Waals surface area contributed by atoms with E-state index in [1.54, 1.807) is 16.2 Å². The smallest absolute Gasteiger partial charge is 0.228 e. The van der Waals surface area contributed by atoms with Gasteiger partial charge in [0.15, 0.2) is 0 Å². The molecular weight excluding hydrogens is 252 g/mol. The number of aryl methyl sites for hydroxylation is 1. The third kappa shape index (κ3) is 3.28. The van der Waals surface area contributed by atoms with Crippen molar-refractivity contribution in [3.8, 4) is 0 Å². The van der Waals surface area contributed by atoms with Gasteiger partial charge in [0.25, 0.3) is 0 Å². The highest BCUT2D eigenvalue weighted by Gasteiger charge is 2.28. The van der Waals surface area contributed by atoms with E-state index in [0.717, 1.165) is 10.7 Å². The van der Waals surface area contributed by atoms with Gasteiger partial charge in [0, 0.05) is 18.5 Å². The number of aromatic nitrogens is 1. The molecule has 1 saturated heterocycles. The molecule has 2 heterocycles. The number of hydrogen-bond donors (Lipinski definition) is 1. The standard InChI is InChI=1S/C12H18N2O3S/c1-8-4-14(5-11(6-15)17-8)12(16)3-10-7-18-9(2)13-10/h7-8,11,15H,3-6H2,1-2H3. The molecule has 2 unspecified atom stereocenters. The van der Waals surface area contributed by atoms with Gasteiger partial charge in [-0.3, -0.25) is 4.79 Å². The lowest BCUT2D eigenvalue weighted by atomic mass is 10.2. The number of carbonyl (C=O) groups is 1. The van der Waals surface area contributed by atoms with Crippen LogP contribution >= 0.6 is 11.3 Å². The number of ether oxygens (including phenoxy) is 1. The first-order valence-corrected chi connectivity index (χ1v) is 6.91. The minimum absolute atomic E-state index is 0.0305. The molecule has 1 N–H and O–H groups in total. The van der Waals surface area contributed by atoms with Gasteiger partial charge < -0.3 is 14.7 Å². The fraction of sp³-hybridized carbons (Fsp3) is 0.667. The van der Waals surface area contributed by atoms with E-state index in [0.29, 0.717) is 19.5 Å². The molecule has 0 spiro atoms. The van der Waals surface area contributed by atoms with Gasteiger partial charge in [-0.15, -0.1) is 11.3 Å². The minimum atomic E-state index is -0.269. The first-order valence-electron chi connectivity index (χ1n) is 6.03. The zero-order chi connectivity index (χ0) is 13.1. The summed E-state index contributed by atoms with van der Waals surface area (Å²) < 4.78 is 5.51. The average molecular weight is 270 g/mol. The van der Waals surface area contributed by atoms with Crippen LogP contribution in [0.1, 0.15) is 17.6 Å². The van der Waals surface area contributed by atoms with Crippen molar-refractivity contribution in [2.45, 2.75) is 32.5 Å². The van der Waals surface area contributed by atoms with Crippen LogP contribution in [-0.2, 0) is 16.0 Å². The summed E-state index contributed by atoms with van der Waals surface area (Å²) in [4.78, 5) is 18.2. The zero-order valence-electron chi connectivity index (χ0n) is 10.6. The summed E-state index contributed by atoms with van der Waals surface area (Å²) >= 11 is 1.55. The number of aliphatic hydroxyl groups is 1. The Balaban J connectivity index is 1.95. The molecule has 0 saturated carbocycles. The van der Waals surface area contributed by atoms with E-state index in [1.165, 1.54) is 0 Å². The SMILES string of the molecule is Cc1nc(CC(=O)N2CC(C)OC(CO)C2)cs1. The van der Waals surface area contributed by atoms with Crippen molar-refractivity contribution in [2.24, 2.45) is 0 Å². The molecule has 1 amide bonds. The van der Waals surface area contributed by atoms with Gasteiger partial charge in [0.05, 0.1) is 35.9 Å². The number of amides is 1. The molecule has 1 aromatic rings. The summed E-state index contributed by atoms with van der Waals surface area (Å²) in [6, 6.07) is 0. The van der Waals surface area contributed by atoms with Gasteiger partial charge in [-0.25, -0.2) is 4.98 Å². The second-order valence-corrected chi connectivity index (χ2v) is 5.65. The molecule has 0 aromatic carbocycles. The summed E-state index contributed by atoms with van der Waals surface area (Å²) in [6.07, 6.45) is 0.0294. The number of hydrogen-bond acceptors (Lipinski definition) is 5. The lowest BCUT2D eigenvalue weighted by Gasteiger charge is -2.36. The maximum Gasteiger partial charge on any atom is 0.228 e. The van der Waals surface area contributed by atoms with E-state index in [-0.39, 0.29) is 24.7 Å². The second-order valence-electron chi connectivity index (χ2n) is 4.58. The summed E-state index contributed by atoms with van der Waals surface area (Å²) in [5.74, 6) is 0.0499. The third-order valence-electron chi connectivity index (χ3n) is 2.88. The lowest BCUT2D eigenvalue weighted by Crippen LogP contribution is -2.50. The number of carbonyl (C=O) groups excluding carboxylic acids is 1. The van der Waals surface area contributed by atoms with Crippen molar-refractivity contribution in [3.63, 3.8) is 0 Å². The van der Waals surface area contributed by atoms with Crippen LogP contribution in [-0.4, -0.2) is 52.8 Å². The zero-order valence-corrected chi connectivity index (χ0v) is 11.4. The van der Waals surface area contributed by atoms with Crippen LogP contribution in [0.3, 0.4) is 0 Å². The van der Waals surface area contributed by atoms with E-state index in [1.807, 2.05) is 19.2 Å². The molecule has 1 aliphatic heterocycles. The van der Waals surface area contributed by atoms with Crippen LogP contribution in [0, 0.1) is 6.92 Å². The third-order valence-corrected chi connectivity index (χ3v) is 3.70. The quantitative estimate of drug-likeness (QED) is 0.874. The molecule has 1 aliphatic rings. The Hall–Kier alpha value is -0.980. The van der Waals surface area contributed by atoms with Crippen LogP contribution in [0.2, 0.25) is 0 Å². The van der Waals surface area contributed by atoms with Crippen LogP contribution in [0.15, 0.2) is 5.38 Å². The van der Waals surface area contributed by atoms with Crippen molar-refractivity contribution >= 4 is 17.2 Å². The first kappa shape index (κ1) is 13.5. The topological polar surface area (TPSA) is 62.7 Å². The van der Waals surface area contributed by atoms with Crippen molar-refractivity contribution in [1.29, 1.82) is 0 Å². The Labute approximate surface area is 110 Å². The number of rotatable bonds is 3. The van der Waals surface area contributed by atoms with Crippen LogP contribution in [0.25, 0.3) is 0 Å². The Morgan fingerprint density at radius 3 is 3.06 bits per heavy atom. The van der Waals surface area contributed by atoms with Crippen LogP contribution < -0.4 is 0 Å². The van der Waals surface area contributed by atoms with Crippen molar-refractivity contribution in [1.82, 2.24) is 9.88 Å². The van der Waals surface area contributed by atoms with Crippen molar-refractivity contribution in [3.05, 3.63) is 16.1 Å². The van der Waals surface area contributed by atoms with Gasteiger partial charge >= 0.3 is 0 Å². The minimum Gasteiger partial charge on any atom is -0.394 e. The van der Waals surface area contributed by atoms with Gasteiger partial charge in [0.1, 0.15) is 0 Å². The average Bonchev–Trinajstić information content (AvgIpc) is 2.73. The molecule has 5 nitrogen and oxygen atoms in total. The maximum absolute atomic E-state index is 12.1. The Morgan fingerprint density at radius 1 is 1.67 bits per heavy atom. The van der Waals surface area contributed by atoms with Gasteiger partial charge in [-0.2, -0.15) is 0 Å². The first-order chi connectivity index (χ1) is 8.58. The largest absolute Gasteiger partial charge is 0.394 e. The molecule has 2 atom stereocenters. The molecule has 1 aromatic heterocycles. The maximum atomic E-state index is 12.1. The fourth-order valence-electron chi connectivity index (χ4n) is 2.11. The molecule has 0 aliphatic carbocycles.